The van der Waals surface area contributed by atoms with E-state index in [2.05, 4.69) is 11.8 Å². The van der Waals surface area contributed by atoms with Crippen LogP contribution in [-0.2, 0) is 9.59 Å². The first-order valence-electron chi connectivity index (χ1n) is 9.68. The Morgan fingerprint density at radius 3 is 2.21 bits per heavy atom. The molecule has 0 N–H and O–H groups in total. The molecule has 1 fully saturated rings. The molecule has 0 saturated carbocycles. The van der Waals surface area contributed by atoms with Crippen molar-refractivity contribution in [2.24, 2.45) is 5.92 Å². The predicted molar refractivity (Wildman–Crippen MR) is 109 cm³/mol. The quantitative estimate of drug-likeness (QED) is 0.764. The Kier molecular flexibility index (Phi) is 4.90. The SMILES string of the molecule is COc1ccccc1N1C(=O)C(c2ccccc2)=C(N2CCC(C)CC2)C1=O. The van der Waals surface area contributed by atoms with Crippen molar-refractivity contribution in [3.8, 4) is 5.75 Å². The molecule has 0 bridgehead atoms. The Morgan fingerprint density at radius 2 is 1.54 bits per heavy atom. The number of ether oxygens (including phenoxy) is 1. The zero-order valence-electron chi connectivity index (χ0n) is 16.2. The fourth-order valence-electron chi connectivity index (χ4n) is 3.94. The van der Waals surface area contributed by atoms with Gasteiger partial charge >= 0.3 is 0 Å². The maximum absolute atomic E-state index is 13.5. The Hall–Kier alpha value is -3.08. The van der Waals surface area contributed by atoms with Gasteiger partial charge in [-0.25, -0.2) is 4.90 Å². The van der Waals surface area contributed by atoms with Crippen LogP contribution in [0, 0.1) is 5.92 Å². The van der Waals surface area contributed by atoms with Gasteiger partial charge in [0.15, 0.2) is 0 Å². The molecule has 0 unspecified atom stereocenters. The number of anilines is 1. The molecule has 0 aromatic heterocycles. The number of para-hydroxylation sites is 2. The number of hydrogen-bond acceptors (Lipinski definition) is 4. The minimum atomic E-state index is -0.297. The van der Waals surface area contributed by atoms with E-state index in [0.717, 1.165) is 31.5 Å². The van der Waals surface area contributed by atoms with Gasteiger partial charge in [-0.15, -0.1) is 0 Å². The topological polar surface area (TPSA) is 49.9 Å². The van der Waals surface area contributed by atoms with E-state index in [1.165, 1.54) is 4.90 Å². The van der Waals surface area contributed by atoms with Crippen molar-refractivity contribution in [2.45, 2.75) is 19.8 Å². The highest BCUT2D eigenvalue weighted by Crippen LogP contribution is 2.39. The summed E-state index contributed by atoms with van der Waals surface area (Å²) in [5.74, 6) is 0.567. The second kappa shape index (κ2) is 7.50. The van der Waals surface area contributed by atoms with Gasteiger partial charge in [0, 0.05) is 13.1 Å². The maximum atomic E-state index is 13.5. The average molecular weight is 376 g/mol. The molecule has 1 saturated heterocycles. The summed E-state index contributed by atoms with van der Waals surface area (Å²) in [4.78, 5) is 30.3. The number of piperidine rings is 1. The molecule has 2 aliphatic heterocycles. The molecule has 144 valence electrons. The van der Waals surface area contributed by atoms with Crippen LogP contribution >= 0.6 is 0 Å². The highest BCUT2D eigenvalue weighted by Gasteiger charge is 2.43. The largest absolute Gasteiger partial charge is 0.495 e. The standard InChI is InChI=1S/C23H24N2O3/c1-16-12-14-24(15-13-16)21-20(17-8-4-3-5-9-17)22(26)25(23(21)27)18-10-6-7-11-19(18)28-2/h3-11,16H,12-15H2,1-2H3. The second-order valence-corrected chi connectivity index (χ2v) is 7.38. The molecular weight excluding hydrogens is 352 g/mol. The zero-order chi connectivity index (χ0) is 19.7. The van der Waals surface area contributed by atoms with Gasteiger partial charge in [0.2, 0.25) is 0 Å². The number of methoxy groups -OCH3 is 1. The third-order valence-electron chi connectivity index (χ3n) is 5.55. The Bertz CT molecular complexity index is 928. The molecule has 4 rings (SSSR count). The lowest BCUT2D eigenvalue weighted by Crippen LogP contribution is -2.38. The minimum absolute atomic E-state index is 0.275. The molecule has 0 radical (unpaired) electrons. The fraction of sp³-hybridized carbons (Fsp3) is 0.304. The molecule has 2 amide bonds. The normalized spacial score (nSPS) is 18.2. The smallest absolute Gasteiger partial charge is 0.282 e. The van der Waals surface area contributed by atoms with E-state index in [-0.39, 0.29) is 11.8 Å². The summed E-state index contributed by atoms with van der Waals surface area (Å²) < 4.78 is 5.41. The summed E-state index contributed by atoms with van der Waals surface area (Å²) in [5.41, 5.74) is 2.24. The first kappa shape index (κ1) is 18.3. The van der Waals surface area contributed by atoms with Gasteiger partial charge in [0.1, 0.15) is 11.4 Å². The molecular formula is C23H24N2O3. The molecule has 28 heavy (non-hydrogen) atoms. The minimum Gasteiger partial charge on any atom is -0.495 e. The van der Waals surface area contributed by atoms with Gasteiger partial charge in [-0.05, 0) is 36.5 Å². The first-order chi connectivity index (χ1) is 13.6. The van der Waals surface area contributed by atoms with Gasteiger partial charge in [-0.1, -0.05) is 49.4 Å². The lowest BCUT2D eigenvalue weighted by molar-refractivity contribution is -0.120. The summed E-state index contributed by atoms with van der Waals surface area (Å²) in [6.45, 7) is 3.80. The average Bonchev–Trinajstić information content (AvgIpc) is 2.99. The molecule has 0 spiro atoms. The van der Waals surface area contributed by atoms with Gasteiger partial charge < -0.3 is 9.64 Å². The number of amides is 2. The highest BCUT2D eigenvalue weighted by molar-refractivity contribution is 6.45. The van der Waals surface area contributed by atoms with Gasteiger partial charge in [0.25, 0.3) is 11.8 Å². The van der Waals surface area contributed by atoms with Crippen molar-refractivity contribution in [3.05, 3.63) is 65.9 Å². The Balaban J connectivity index is 1.82. The van der Waals surface area contributed by atoms with E-state index < -0.39 is 0 Å². The molecule has 5 heteroatoms. The molecule has 5 nitrogen and oxygen atoms in total. The zero-order valence-corrected chi connectivity index (χ0v) is 16.2. The van der Waals surface area contributed by atoms with Crippen molar-refractivity contribution in [1.82, 2.24) is 4.90 Å². The summed E-state index contributed by atoms with van der Waals surface area (Å²) in [6, 6.07) is 16.6. The molecule has 2 heterocycles. The van der Waals surface area contributed by atoms with Crippen molar-refractivity contribution in [3.63, 3.8) is 0 Å². The van der Waals surface area contributed by atoms with Crippen molar-refractivity contribution >= 4 is 23.1 Å². The molecule has 2 aromatic carbocycles. The molecule has 2 aromatic rings. The molecule has 0 aliphatic carbocycles. The molecule has 2 aliphatic rings. The number of rotatable bonds is 4. The Morgan fingerprint density at radius 1 is 0.893 bits per heavy atom. The fourth-order valence-corrected chi connectivity index (χ4v) is 3.94. The Labute approximate surface area is 165 Å². The molecule has 0 atom stereocenters. The van der Waals surface area contributed by atoms with E-state index in [9.17, 15) is 9.59 Å². The summed E-state index contributed by atoms with van der Waals surface area (Å²) in [5, 5.41) is 0. The van der Waals surface area contributed by atoms with Crippen LogP contribution in [-0.4, -0.2) is 36.9 Å². The third-order valence-corrected chi connectivity index (χ3v) is 5.55. The summed E-state index contributed by atoms with van der Waals surface area (Å²) >= 11 is 0. The predicted octanol–water partition coefficient (Wildman–Crippen LogP) is 3.71. The lowest BCUT2D eigenvalue weighted by Gasteiger charge is -2.32. The van der Waals surface area contributed by atoms with Gasteiger partial charge in [0.05, 0.1) is 18.4 Å². The van der Waals surface area contributed by atoms with Gasteiger partial charge in [-0.3, -0.25) is 9.59 Å². The van der Waals surface area contributed by atoms with E-state index in [1.54, 1.807) is 25.3 Å². The number of hydrogen-bond donors (Lipinski definition) is 0. The van der Waals surface area contributed by atoms with Crippen LogP contribution in [0.4, 0.5) is 5.69 Å². The second-order valence-electron chi connectivity index (χ2n) is 7.38. The highest BCUT2D eigenvalue weighted by atomic mass is 16.5. The van der Waals surface area contributed by atoms with Crippen molar-refractivity contribution in [2.75, 3.05) is 25.1 Å². The van der Waals surface area contributed by atoms with Crippen LogP contribution in [0.3, 0.4) is 0 Å². The monoisotopic (exact) mass is 376 g/mol. The van der Waals surface area contributed by atoms with Gasteiger partial charge in [-0.2, -0.15) is 0 Å². The van der Waals surface area contributed by atoms with E-state index in [4.69, 9.17) is 4.74 Å². The number of benzene rings is 2. The number of nitrogens with zero attached hydrogens (tertiary/aromatic N) is 2. The first-order valence-corrected chi connectivity index (χ1v) is 9.68. The third kappa shape index (κ3) is 3.07. The number of likely N-dealkylation sites (tertiary alicyclic amines) is 1. The lowest BCUT2D eigenvalue weighted by atomic mass is 9.97. The van der Waals surface area contributed by atoms with Crippen molar-refractivity contribution < 1.29 is 14.3 Å². The van der Waals surface area contributed by atoms with Crippen LogP contribution in [0.2, 0.25) is 0 Å². The van der Waals surface area contributed by atoms with Crippen LogP contribution in [0.5, 0.6) is 5.75 Å². The number of carbonyl (C=O) groups excluding carboxylic acids is 2. The summed E-state index contributed by atoms with van der Waals surface area (Å²) in [7, 11) is 1.54. The number of imide groups is 1. The van der Waals surface area contributed by atoms with E-state index in [1.807, 2.05) is 36.4 Å². The van der Waals surface area contributed by atoms with Crippen LogP contribution in [0.25, 0.3) is 5.57 Å². The summed E-state index contributed by atoms with van der Waals surface area (Å²) in [6.07, 6.45) is 2.03. The van der Waals surface area contributed by atoms with Crippen LogP contribution < -0.4 is 9.64 Å². The maximum Gasteiger partial charge on any atom is 0.282 e. The number of carbonyl (C=O) groups is 2. The van der Waals surface area contributed by atoms with Crippen LogP contribution in [0.15, 0.2) is 60.3 Å². The van der Waals surface area contributed by atoms with E-state index >= 15 is 0 Å². The van der Waals surface area contributed by atoms with Crippen molar-refractivity contribution in [1.29, 1.82) is 0 Å². The van der Waals surface area contributed by atoms with E-state index in [0.29, 0.717) is 28.6 Å². The van der Waals surface area contributed by atoms with Crippen LogP contribution in [0.1, 0.15) is 25.3 Å².